The lowest BCUT2D eigenvalue weighted by Crippen LogP contribution is -2.33. The van der Waals surface area contributed by atoms with Crippen LogP contribution in [-0.2, 0) is 4.79 Å². The summed E-state index contributed by atoms with van der Waals surface area (Å²) < 4.78 is 13.6. The number of carbonyl (C=O) groups is 1. The number of anilines is 1. The van der Waals surface area contributed by atoms with Crippen LogP contribution in [0.4, 0.5) is 5.82 Å². The Labute approximate surface area is 182 Å². The Bertz CT molecular complexity index is 921. The molecule has 1 atom stereocenters. The average Bonchev–Trinajstić information content (AvgIpc) is 3.16. The average molecular weight is 433 g/mol. The largest absolute Gasteiger partial charge is 0.493 e. The highest BCUT2D eigenvalue weighted by Gasteiger charge is 2.35. The number of fused-ring (bicyclic) bond motifs is 1. The minimum absolute atomic E-state index is 0.0254. The van der Waals surface area contributed by atoms with E-state index >= 15 is 0 Å². The third-order valence-electron chi connectivity index (χ3n) is 5.97. The van der Waals surface area contributed by atoms with Gasteiger partial charge in [-0.25, -0.2) is 4.68 Å². The van der Waals surface area contributed by atoms with Crippen LogP contribution < -0.4 is 14.8 Å². The Morgan fingerprint density at radius 3 is 2.73 bits per heavy atom. The van der Waals surface area contributed by atoms with Crippen molar-refractivity contribution >= 4 is 23.3 Å². The molecule has 1 amide bonds. The minimum atomic E-state index is -0.187. The van der Waals surface area contributed by atoms with Crippen LogP contribution >= 0.6 is 11.6 Å². The van der Waals surface area contributed by atoms with E-state index in [2.05, 4.69) is 24.2 Å². The lowest BCUT2D eigenvalue weighted by atomic mass is 9.86. The first-order valence-corrected chi connectivity index (χ1v) is 11.0. The summed E-state index contributed by atoms with van der Waals surface area (Å²) in [7, 11) is 3.74. The maximum atomic E-state index is 12.7. The summed E-state index contributed by atoms with van der Waals surface area (Å²) in [5, 5.41) is 8.31. The zero-order chi connectivity index (χ0) is 21.3. The number of nitrogens with one attached hydrogen (secondary N) is 1. The van der Waals surface area contributed by atoms with Gasteiger partial charge in [-0.15, -0.1) is 0 Å². The smallest absolute Gasteiger partial charge is 0.226 e. The molecular weight excluding hydrogens is 404 g/mol. The second-order valence-electron chi connectivity index (χ2n) is 8.11. The second-order valence-corrected chi connectivity index (χ2v) is 8.54. The van der Waals surface area contributed by atoms with Gasteiger partial charge in [0.15, 0.2) is 11.5 Å². The first-order chi connectivity index (χ1) is 14.5. The van der Waals surface area contributed by atoms with Gasteiger partial charge in [-0.3, -0.25) is 4.79 Å². The van der Waals surface area contributed by atoms with Crippen molar-refractivity contribution in [1.82, 2.24) is 14.7 Å². The number of halogens is 1. The monoisotopic (exact) mass is 432 g/mol. The lowest BCUT2D eigenvalue weighted by molar-refractivity contribution is -0.116. The molecule has 7 nitrogen and oxygen atoms in total. The van der Waals surface area contributed by atoms with Gasteiger partial charge in [0, 0.05) is 34.6 Å². The fraction of sp³-hybridized carbons (Fsp3) is 0.545. The van der Waals surface area contributed by atoms with Crippen LogP contribution in [0.15, 0.2) is 18.3 Å². The van der Waals surface area contributed by atoms with Crippen molar-refractivity contribution in [2.45, 2.75) is 44.6 Å². The van der Waals surface area contributed by atoms with Gasteiger partial charge in [0.25, 0.3) is 0 Å². The molecule has 0 bridgehead atoms. The minimum Gasteiger partial charge on any atom is -0.493 e. The van der Waals surface area contributed by atoms with Crippen LogP contribution in [0.3, 0.4) is 0 Å². The molecule has 30 heavy (non-hydrogen) atoms. The zero-order valence-electron chi connectivity index (χ0n) is 17.8. The molecule has 1 aromatic carbocycles. The van der Waals surface area contributed by atoms with Crippen molar-refractivity contribution in [2.24, 2.45) is 0 Å². The fourth-order valence-corrected chi connectivity index (χ4v) is 4.61. The van der Waals surface area contributed by atoms with Gasteiger partial charge >= 0.3 is 0 Å². The van der Waals surface area contributed by atoms with Gasteiger partial charge in [-0.05, 0) is 45.5 Å². The molecule has 0 spiro atoms. The molecule has 0 radical (unpaired) electrons. The van der Waals surface area contributed by atoms with E-state index in [0.29, 0.717) is 29.5 Å². The molecule has 2 aromatic rings. The van der Waals surface area contributed by atoms with Gasteiger partial charge in [0.05, 0.1) is 26.0 Å². The Balaban J connectivity index is 1.75. The highest BCUT2D eigenvalue weighted by Crippen LogP contribution is 2.46. The first-order valence-electron chi connectivity index (χ1n) is 10.6. The van der Waals surface area contributed by atoms with Gasteiger partial charge < -0.3 is 19.7 Å². The Kier molecular flexibility index (Phi) is 6.20. The third kappa shape index (κ3) is 4.01. The number of rotatable bonds is 6. The molecule has 3 heterocycles. The van der Waals surface area contributed by atoms with Crippen LogP contribution in [0.2, 0.25) is 5.02 Å². The summed E-state index contributed by atoms with van der Waals surface area (Å²) in [6.07, 6.45) is 5.10. The number of methoxy groups -OCH3 is 1. The number of benzene rings is 1. The summed E-state index contributed by atoms with van der Waals surface area (Å²) in [6, 6.07) is 3.92. The highest BCUT2D eigenvalue weighted by atomic mass is 35.5. The van der Waals surface area contributed by atoms with Crippen molar-refractivity contribution in [2.75, 3.05) is 39.2 Å². The molecule has 2 aliphatic rings. The predicted octanol–water partition coefficient (Wildman–Crippen LogP) is 4.07. The number of carbonyl (C=O) groups excluding carboxylic acids is 1. The van der Waals surface area contributed by atoms with Gasteiger partial charge in [0.1, 0.15) is 5.82 Å². The maximum Gasteiger partial charge on any atom is 0.226 e. The SMILES string of the molecule is CCCOc1c(OC)cc(Cl)cc1C1CC(=O)Nc2c1cnn2C1CCN(C)CC1. The normalized spacial score (nSPS) is 20.0. The number of nitrogens with zero attached hydrogens (tertiary/aromatic N) is 3. The number of hydrogen-bond acceptors (Lipinski definition) is 5. The molecule has 8 heteroatoms. The van der Waals surface area contributed by atoms with Crippen molar-refractivity contribution < 1.29 is 14.3 Å². The predicted molar refractivity (Wildman–Crippen MR) is 117 cm³/mol. The molecule has 162 valence electrons. The van der Waals surface area contributed by atoms with E-state index in [1.54, 1.807) is 13.2 Å². The maximum absolute atomic E-state index is 12.7. The topological polar surface area (TPSA) is 68.6 Å². The van der Waals surface area contributed by atoms with E-state index in [9.17, 15) is 4.79 Å². The van der Waals surface area contributed by atoms with E-state index in [1.165, 1.54) is 0 Å². The Morgan fingerprint density at radius 1 is 1.27 bits per heavy atom. The number of amides is 1. The molecule has 1 N–H and O–H groups in total. The molecule has 0 aliphatic carbocycles. The van der Waals surface area contributed by atoms with E-state index in [0.717, 1.165) is 49.3 Å². The highest BCUT2D eigenvalue weighted by molar-refractivity contribution is 6.30. The van der Waals surface area contributed by atoms with E-state index in [-0.39, 0.29) is 17.9 Å². The summed E-state index contributed by atoms with van der Waals surface area (Å²) >= 11 is 6.40. The molecule has 1 aromatic heterocycles. The lowest BCUT2D eigenvalue weighted by Gasteiger charge is -2.31. The molecule has 1 unspecified atom stereocenters. The number of piperidine rings is 1. The molecule has 0 saturated carbocycles. The Morgan fingerprint density at radius 2 is 2.03 bits per heavy atom. The number of ether oxygens (including phenoxy) is 2. The van der Waals surface area contributed by atoms with Gasteiger partial charge in [-0.2, -0.15) is 5.10 Å². The van der Waals surface area contributed by atoms with E-state index < -0.39 is 0 Å². The van der Waals surface area contributed by atoms with Crippen LogP contribution in [0.5, 0.6) is 11.5 Å². The second kappa shape index (κ2) is 8.86. The molecule has 1 saturated heterocycles. The van der Waals surface area contributed by atoms with Crippen molar-refractivity contribution in [3.63, 3.8) is 0 Å². The molecule has 4 rings (SSSR count). The summed E-state index contributed by atoms with van der Waals surface area (Å²) in [5.41, 5.74) is 1.87. The number of hydrogen-bond donors (Lipinski definition) is 1. The quantitative estimate of drug-likeness (QED) is 0.745. The van der Waals surface area contributed by atoms with Crippen molar-refractivity contribution in [3.05, 3.63) is 34.5 Å². The molecule has 1 fully saturated rings. The van der Waals surface area contributed by atoms with E-state index in [4.69, 9.17) is 26.2 Å². The number of likely N-dealkylation sites (tertiary alicyclic amines) is 1. The van der Waals surface area contributed by atoms with E-state index in [1.807, 2.05) is 16.9 Å². The summed E-state index contributed by atoms with van der Waals surface area (Å²) in [4.78, 5) is 15.0. The number of aromatic nitrogens is 2. The fourth-order valence-electron chi connectivity index (χ4n) is 4.39. The van der Waals surface area contributed by atoms with Crippen LogP contribution in [-0.4, -0.2) is 54.4 Å². The van der Waals surface area contributed by atoms with Crippen LogP contribution in [0, 0.1) is 0 Å². The van der Waals surface area contributed by atoms with Gasteiger partial charge in [0.2, 0.25) is 5.91 Å². The first kappa shape index (κ1) is 21.0. The zero-order valence-corrected chi connectivity index (χ0v) is 18.5. The molecular formula is C22H29ClN4O3. The standard InChI is InChI=1S/C22H29ClN4O3/c1-4-9-30-21-17(10-14(23)11-19(21)29-3)16-12-20(28)25-22-18(16)13-24-27(22)15-5-7-26(2)8-6-15/h10-11,13,15-16H,4-9,12H2,1-3H3,(H,25,28). The molecule has 2 aliphatic heterocycles. The summed E-state index contributed by atoms with van der Waals surface area (Å²) in [5.74, 6) is 1.82. The van der Waals surface area contributed by atoms with Crippen LogP contribution in [0.25, 0.3) is 0 Å². The van der Waals surface area contributed by atoms with Crippen molar-refractivity contribution in [1.29, 1.82) is 0 Å². The Hall–Kier alpha value is -2.25. The third-order valence-corrected chi connectivity index (χ3v) is 6.19. The van der Waals surface area contributed by atoms with Crippen LogP contribution in [0.1, 0.15) is 55.7 Å². The van der Waals surface area contributed by atoms with Crippen molar-refractivity contribution in [3.8, 4) is 11.5 Å². The van der Waals surface area contributed by atoms with Gasteiger partial charge in [-0.1, -0.05) is 18.5 Å². The summed E-state index contributed by atoms with van der Waals surface area (Å²) in [6.45, 7) is 4.67.